The molecule has 1 aliphatic rings. The Labute approximate surface area is 175 Å². The highest BCUT2D eigenvalue weighted by Gasteiger charge is 2.43. The van der Waals surface area contributed by atoms with E-state index in [0.717, 1.165) is 22.8 Å². The van der Waals surface area contributed by atoms with Gasteiger partial charge in [-0.1, -0.05) is 6.92 Å². The minimum absolute atomic E-state index is 0.222. The number of aryl methyl sites for hydroxylation is 1. The molecular formula is C21H23F4N3O3. The molecule has 0 aliphatic carbocycles. The van der Waals surface area contributed by atoms with Gasteiger partial charge in [0.1, 0.15) is 23.9 Å². The Bertz CT molecular complexity index is 1040. The van der Waals surface area contributed by atoms with Crippen molar-refractivity contribution < 1.29 is 32.5 Å². The number of fused-ring (bicyclic) bond motifs is 1. The van der Waals surface area contributed by atoms with Crippen LogP contribution in [0.25, 0.3) is 11.0 Å². The molecule has 1 fully saturated rings. The number of aliphatic hydroxyl groups excluding tert-OH is 2. The maximum absolute atomic E-state index is 13.4. The Hall–Kier alpha value is -2.56. The molecule has 2 unspecified atom stereocenters. The number of halogens is 4. The highest BCUT2D eigenvalue weighted by Crippen LogP contribution is 2.37. The molecule has 0 bridgehead atoms. The van der Waals surface area contributed by atoms with E-state index in [2.05, 4.69) is 15.0 Å². The van der Waals surface area contributed by atoms with Gasteiger partial charge in [0.2, 0.25) is 0 Å². The zero-order chi connectivity index (χ0) is 22.9. The summed E-state index contributed by atoms with van der Waals surface area (Å²) in [7, 11) is 0. The van der Waals surface area contributed by atoms with Crippen LogP contribution in [0.2, 0.25) is 0 Å². The van der Waals surface area contributed by atoms with Crippen molar-refractivity contribution in [1.29, 1.82) is 0 Å². The molecule has 3 heterocycles. The molecule has 4 rings (SSSR count). The van der Waals surface area contributed by atoms with Gasteiger partial charge in [0.15, 0.2) is 0 Å². The van der Waals surface area contributed by atoms with Crippen LogP contribution in [-0.2, 0) is 10.9 Å². The Morgan fingerprint density at radius 3 is 2.45 bits per heavy atom. The fraction of sp³-hybridized carbons (Fsp3) is 0.429. The first kappa shape index (κ1) is 23.1. The van der Waals surface area contributed by atoms with Gasteiger partial charge in [0.05, 0.1) is 29.6 Å². The van der Waals surface area contributed by atoms with Crippen LogP contribution >= 0.6 is 0 Å². The second kappa shape index (κ2) is 8.89. The summed E-state index contributed by atoms with van der Waals surface area (Å²) in [5.74, 6) is -1.56. The zero-order valence-electron chi connectivity index (χ0n) is 17.1. The van der Waals surface area contributed by atoms with Crippen LogP contribution in [0.5, 0.6) is 0 Å². The number of aliphatic hydroxyl groups is 2. The molecule has 1 aliphatic heterocycles. The highest BCUT2D eigenvalue weighted by molar-refractivity contribution is 5.77. The number of H-pyrrole nitrogens is 1. The van der Waals surface area contributed by atoms with Gasteiger partial charge >= 0.3 is 6.18 Å². The normalized spacial score (nSPS) is 24.7. The monoisotopic (exact) mass is 441 g/mol. The molecule has 6 nitrogen and oxygen atoms in total. The van der Waals surface area contributed by atoms with Gasteiger partial charge < -0.3 is 19.9 Å². The molecule has 3 aromatic rings. The Morgan fingerprint density at radius 2 is 1.87 bits per heavy atom. The van der Waals surface area contributed by atoms with Crippen molar-refractivity contribution >= 4 is 11.0 Å². The first-order valence-electron chi connectivity index (χ1n) is 9.63. The number of alkyl halides is 3. The number of nitrogens with one attached hydrogen (secondary N) is 1. The largest absolute Gasteiger partial charge is 0.416 e. The minimum Gasteiger partial charge on any atom is -0.390 e. The standard InChI is InChI=1S/C14H16F4O3.C7H7N3/c1-6-11(19)7(2)21-13(6)12(20)8-3-9(14(16,17)18)5-10(15)4-8;1-5-6-2-3-8-7(6)10-4-9-5/h3-7,11-13,19-20H,1-2H3;2-4H,1H3,(H,8,9,10)/t6-,7-,11+,12?,13?;/m0./s1. The number of rotatable bonds is 2. The summed E-state index contributed by atoms with van der Waals surface area (Å²) in [5, 5.41) is 21.1. The summed E-state index contributed by atoms with van der Waals surface area (Å²) in [6.07, 6.45) is -4.99. The number of aromatic nitrogens is 3. The lowest BCUT2D eigenvalue weighted by molar-refractivity contribution is -0.138. The number of nitrogens with zero attached hydrogens (tertiary/aromatic N) is 2. The molecule has 3 N–H and O–H groups in total. The van der Waals surface area contributed by atoms with Crippen molar-refractivity contribution in [1.82, 2.24) is 15.0 Å². The quantitative estimate of drug-likeness (QED) is 0.525. The van der Waals surface area contributed by atoms with E-state index in [1.165, 1.54) is 0 Å². The molecule has 1 aromatic carbocycles. The summed E-state index contributed by atoms with van der Waals surface area (Å²) in [4.78, 5) is 11.1. The molecule has 31 heavy (non-hydrogen) atoms. The van der Waals surface area contributed by atoms with Crippen LogP contribution in [0, 0.1) is 18.7 Å². The lowest BCUT2D eigenvalue weighted by atomic mass is 9.91. The average Bonchev–Trinajstić information content (AvgIpc) is 3.28. The minimum atomic E-state index is -4.70. The van der Waals surface area contributed by atoms with Gasteiger partial charge in [-0.25, -0.2) is 14.4 Å². The maximum Gasteiger partial charge on any atom is 0.416 e. The molecule has 168 valence electrons. The fourth-order valence-electron chi connectivity index (χ4n) is 3.57. The molecule has 5 atom stereocenters. The van der Waals surface area contributed by atoms with Crippen LogP contribution < -0.4 is 0 Å². The Balaban J connectivity index is 0.000000225. The summed E-state index contributed by atoms with van der Waals surface area (Å²) in [5.41, 5.74) is 0.537. The van der Waals surface area contributed by atoms with E-state index in [1.807, 2.05) is 19.2 Å². The van der Waals surface area contributed by atoms with Gasteiger partial charge in [0, 0.05) is 17.5 Å². The topological polar surface area (TPSA) is 91.3 Å². The SMILES string of the molecule is C[C@@H]1OC(C(O)c2cc(F)cc(C(F)(F)F)c2)[C@@H](C)[C@H]1O.Cc1ncnc2[nH]ccc12. The molecule has 10 heteroatoms. The van der Waals surface area contributed by atoms with Gasteiger partial charge in [-0.15, -0.1) is 0 Å². The van der Waals surface area contributed by atoms with Crippen LogP contribution in [0.15, 0.2) is 36.8 Å². The number of ether oxygens (including phenoxy) is 1. The molecule has 0 amide bonds. The Kier molecular flexibility index (Phi) is 6.63. The van der Waals surface area contributed by atoms with Crippen molar-refractivity contribution in [3.63, 3.8) is 0 Å². The Morgan fingerprint density at radius 1 is 1.16 bits per heavy atom. The van der Waals surface area contributed by atoms with Gasteiger partial charge in [-0.2, -0.15) is 13.2 Å². The first-order chi connectivity index (χ1) is 14.5. The predicted octanol–water partition coefficient (Wildman–Crippen LogP) is 3.93. The second-order valence-corrected chi connectivity index (χ2v) is 7.57. The molecule has 0 spiro atoms. The van der Waals surface area contributed by atoms with E-state index in [1.54, 1.807) is 20.2 Å². The summed E-state index contributed by atoms with van der Waals surface area (Å²) in [6.45, 7) is 5.19. The van der Waals surface area contributed by atoms with Gasteiger partial charge in [-0.3, -0.25) is 0 Å². The van der Waals surface area contributed by atoms with Crippen molar-refractivity contribution in [3.05, 3.63) is 59.4 Å². The lowest BCUT2D eigenvalue weighted by Gasteiger charge is -2.23. The second-order valence-electron chi connectivity index (χ2n) is 7.57. The van der Waals surface area contributed by atoms with Gasteiger partial charge in [-0.05, 0) is 43.7 Å². The highest BCUT2D eigenvalue weighted by atomic mass is 19.4. The van der Waals surface area contributed by atoms with Crippen LogP contribution in [0.4, 0.5) is 17.6 Å². The third-order valence-corrected chi connectivity index (χ3v) is 5.36. The molecule has 0 radical (unpaired) electrons. The van der Waals surface area contributed by atoms with Crippen molar-refractivity contribution in [3.8, 4) is 0 Å². The van der Waals surface area contributed by atoms with E-state index in [0.29, 0.717) is 12.1 Å². The third-order valence-electron chi connectivity index (χ3n) is 5.36. The molecule has 2 aromatic heterocycles. The first-order valence-corrected chi connectivity index (χ1v) is 9.63. The summed E-state index contributed by atoms with van der Waals surface area (Å²) in [6, 6.07) is 3.88. The maximum atomic E-state index is 13.4. The van der Waals surface area contributed by atoms with E-state index in [9.17, 15) is 27.8 Å². The van der Waals surface area contributed by atoms with Crippen LogP contribution in [-0.4, -0.2) is 43.5 Å². The predicted molar refractivity (Wildman–Crippen MR) is 104 cm³/mol. The summed E-state index contributed by atoms with van der Waals surface area (Å²) >= 11 is 0. The van der Waals surface area contributed by atoms with E-state index in [4.69, 9.17) is 4.74 Å². The van der Waals surface area contributed by atoms with Crippen molar-refractivity contribution in [2.45, 2.75) is 51.4 Å². The molecule has 0 saturated carbocycles. The molecule has 1 saturated heterocycles. The van der Waals surface area contributed by atoms with Gasteiger partial charge in [0.25, 0.3) is 0 Å². The van der Waals surface area contributed by atoms with E-state index in [-0.39, 0.29) is 5.56 Å². The zero-order valence-corrected chi connectivity index (χ0v) is 17.1. The smallest absolute Gasteiger partial charge is 0.390 e. The van der Waals surface area contributed by atoms with Crippen LogP contribution in [0.3, 0.4) is 0 Å². The van der Waals surface area contributed by atoms with Crippen molar-refractivity contribution in [2.24, 2.45) is 5.92 Å². The molecular weight excluding hydrogens is 418 g/mol. The van der Waals surface area contributed by atoms with E-state index < -0.39 is 47.9 Å². The average molecular weight is 441 g/mol. The third kappa shape index (κ3) is 5.03. The summed E-state index contributed by atoms with van der Waals surface area (Å²) < 4.78 is 56.7. The number of aromatic amines is 1. The number of benzene rings is 1. The van der Waals surface area contributed by atoms with Crippen LogP contribution in [0.1, 0.15) is 36.8 Å². The number of hydrogen-bond donors (Lipinski definition) is 3. The number of hydrogen-bond acceptors (Lipinski definition) is 5. The lowest BCUT2D eigenvalue weighted by Crippen LogP contribution is -2.27. The fourth-order valence-corrected chi connectivity index (χ4v) is 3.57. The van der Waals surface area contributed by atoms with Crippen molar-refractivity contribution in [2.75, 3.05) is 0 Å². The van der Waals surface area contributed by atoms with E-state index >= 15 is 0 Å².